The van der Waals surface area contributed by atoms with Crippen molar-refractivity contribution in [2.75, 3.05) is 11.9 Å². The lowest BCUT2D eigenvalue weighted by molar-refractivity contribution is -0.125. The molecule has 0 radical (unpaired) electrons. The van der Waals surface area contributed by atoms with Crippen molar-refractivity contribution in [1.82, 2.24) is 4.98 Å². The minimum absolute atomic E-state index is 0.0695. The van der Waals surface area contributed by atoms with Crippen molar-refractivity contribution in [3.8, 4) is 6.07 Å². The summed E-state index contributed by atoms with van der Waals surface area (Å²) in [7, 11) is 0. The molecule has 0 fully saturated rings. The molecule has 1 aromatic heterocycles. The minimum atomic E-state index is -1.30. The van der Waals surface area contributed by atoms with E-state index in [1.165, 1.54) is 0 Å². The molecule has 6 heteroatoms. The molecular formula is C11H14N4O2. The van der Waals surface area contributed by atoms with Crippen molar-refractivity contribution in [2.24, 2.45) is 5.73 Å². The van der Waals surface area contributed by atoms with Gasteiger partial charge in [0.15, 0.2) is 0 Å². The number of carbonyl (C=O) groups is 1. The van der Waals surface area contributed by atoms with Gasteiger partial charge < -0.3 is 16.2 Å². The Balaban J connectivity index is 2.91. The van der Waals surface area contributed by atoms with Crippen molar-refractivity contribution in [3.63, 3.8) is 0 Å². The third-order valence-electron chi connectivity index (χ3n) is 2.25. The lowest BCUT2D eigenvalue weighted by atomic mass is 10.1. The molecule has 0 aromatic carbocycles. The van der Waals surface area contributed by atoms with Gasteiger partial charge in [0, 0.05) is 5.69 Å². The van der Waals surface area contributed by atoms with Gasteiger partial charge in [-0.15, -0.1) is 0 Å². The molecule has 0 saturated heterocycles. The summed E-state index contributed by atoms with van der Waals surface area (Å²) in [5, 5.41) is 21.0. The summed E-state index contributed by atoms with van der Waals surface area (Å²) in [6.07, 6.45) is -1.30. The van der Waals surface area contributed by atoms with Gasteiger partial charge >= 0.3 is 0 Å². The van der Waals surface area contributed by atoms with Crippen LogP contribution in [-0.4, -0.2) is 28.6 Å². The van der Waals surface area contributed by atoms with Gasteiger partial charge in [-0.25, -0.2) is 4.98 Å². The molecule has 0 saturated carbocycles. The number of aromatic nitrogens is 1. The number of nitriles is 1. The van der Waals surface area contributed by atoms with Crippen LogP contribution in [0.25, 0.3) is 0 Å². The normalized spacial score (nSPS) is 11.6. The first-order chi connectivity index (χ1) is 7.95. The zero-order valence-electron chi connectivity index (χ0n) is 9.69. The quantitative estimate of drug-likeness (QED) is 0.669. The van der Waals surface area contributed by atoms with E-state index in [9.17, 15) is 9.90 Å². The highest BCUT2D eigenvalue weighted by Crippen LogP contribution is 2.17. The number of nitrogens with zero attached hydrogens (tertiary/aromatic N) is 2. The Kier molecular flexibility index (Phi) is 4.01. The topological polar surface area (TPSA) is 112 Å². The van der Waals surface area contributed by atoms with Crippen molar-refractivity contribution in [1.29, 1.82) is 5.26 Å². The van der Waals surface area contributed by atoms with E-state index in [0.717, 1.165) is 11.3 Å². The van der Waals surface area contributed by atoms with Crippen molar-refractivity contribution in [2.45, 2.75) is 20.0 Å². The number of anilines is 1. The van der Waals surface area contributed by atoms with Crippen molar-refractivity contribution >= 4 is 11.7 Å². The maximum atomic E-state index is 10.7. The third-order valence-corrected chi connectivity index (χ3v) is 2.25. The van der Waals surface area contributed by atoms with Crippen LogP contribution >= 0.6 is 0 Å². The molecule has 1 rings (SSSR count). The Morgan fingerprint density at radius 1 is 1.71 bits per heavy atom. The molecule has 1 heterocycles. The standard InChI is InChI=1S/C11H14N4O2/c1-6-3-7(2)15-11(8(6)4-12)14-5-9(16)10(13)17/h3,9,16H,5H2,1-2H3,(H2,13,17)(H,14,15). The highest BCUT2D eigenvalue weighted by atomic mass is 16.3. The summed E-state index contributed by atoms with van der Waals surface area (Å²) in [6.45, 7) is 3.52. The molecule has 0 spiro atoms. The predicted octanol–water partition coefficient (Wildman–Crippen LogP) is -0.172. The van der Waals surface area contributed by atoms with Gasteiger partial charge in [0.25, 0.3) is 0 Å². The summed E-state index contributed by atoms with van der Waals surface area (Å²) >= 11 is 0. The Labute approximate surface area is 99.1 Å². The van der Waals surface area contributed by atoms with Gasteiger partial charge in [-0.05, 0) is 25.5 Å². The van der Waals surface area contributed by atoms with Gasteiger partial charge in [0.2, 0.25) is 5.91 Å². The van der Waals surface area contributed by atoms with Crippen LogP contribution in [0.1, 0.15) is 16.8 Å². The van der Waals surface area contributed by atoms with Gasteiger partial charge in [-0.2, -0.15) is 5.26 Å². The molecule has 1 aromatic rings. The first-order valence-corrected chi connectivity index (χ1v) is 5.05. The highest BCUT2D eigenvalue weighted by Gasteiger charge is 2.13. The van der Waals surface area contributed by atoms with Crippen molar-refractivity contribution < 1.29 is 9.90 Å². The van der Waals surface area contributed by atoms with Crippen LogP contribution in [0.15, 0.2) is 6.07 Å². The number of nitrogens with one attached hydrogen (secondary N) is 1. The number of pyridine rings is 1. The van der Waals surface area contributed by atoms with E-state index in [2.05, 4.69) is 10.3 Å². The third kappa shape index (κ3) is 3.16. The molecule has 4 N–H and O–H groups in total. The first-order valence-electron chi connectivity index (χ1n) is 5.05. The number of carbonyl (C=O) groups excluding carboxylic acids is 1. The summed E-state index contributed by atoms with van der Waals surface area (Å²) < 4.78 is 0. The molecule has 0 aliphatic carbocycles. The van der Waals surface area contributed by atoms with Crippen LogP contribution < -0.4 is 11.1 Å². The Bertz CT molecular complexity index is 479. The molecule has 90 valence electrons. The summed E-state index contributed by atoms with van der Waals surface area (Å²) in [5.74, 6) is -0.467. The molecule has 0 aliphatic heterocycles. The second-order valence-corrected chi connectivity index (χ2v) is 3.72. The van der Waals surface area contributed by atoms with Crippen LogP contribution in [-0.2, 0) is 4.79 Å². The number of amides is 1. The lowest BCUT2D eigenvalue weighted by Crippen LogP contribution is -2.34. The number of rotatable bonds is 4. The molecule has 6 nitrogen and oxygen atoms in total. The summed E-state index contributed by atoms with van der Waals surface area (Å²) in [6, 6.07) is 3.81. The number of nitrogens with two attached hydrogens (primary N) is 1. The van der Waals surface area contributed by atoms with Gasteiger partial charge in [-0.1, -0.05) is 0 Å². The molecule has 1 amide bonds. The van der Waals surface area contributed by atoms with E-state index in [1.807, 2.05) is 6.07 Å². The number of aryl methyl sites for hydroxylation is 2. The highest BCUT2D eigenvalue weighted by molar-refractivity contribution is 5.79. The summed E-state index contributed by atoms with van der Waals surface area (Å²) in [4.78, 5) is 14.8. The fraction of sp³-hybridized carbons (Fsp3) is 0.364. The van der Waals surface area contributed by atoms with Gasteiger partial charge in [0.1, 0.15) is 18.0 Å². The SMILES string of the molecule is Cc1cc(C)c(C#N)c(NCC(O)C(N)=O)n1. The second-order valence-electron chi connectivity index (χ2n) is 3.72. The Hall–Kier alpha value is -2.13. The molecule has 0 bridgehead atoms. The molecule has 0 aliphatic rings. The Morgan fingerprint density at radius 3 is 2.88 bits per heavy atom. The predicted molar refractivity (Wildman–Crippen MR) is 62.1 cm³/mol. The maximum Gasteiger partial charge on any atom is 0.248 e. The molecule has 1 unspecified atom stereocenters. The smallest absolute Gasteiger partial charge is 0.248 e. The average molecular weight is 234 g/mol. The van der Waals surface area contributed by atoms with E-state index in [1.54, 1.807) is 19.9 Å². The summed E-state index contributed by atoms with van der Waals surface area (Å²) in [5.41, 5.74) is 6.85. The number of aliphatic hydroxyl groups excluding tert-OH is 1. The number of aliphatic hydroxyl groups is 1. The first kappa shape index (κ1) is 12.9. The minimum Gasteiger partial charge on any atom is -0.381 e. The average Bonchev–Trinajstić information content (AvgIpc) is 2.24. The largest absolute Gasteiger partial charge is 0.381 e. The van der Waals surface area contributed by atoms with E-state index in [-0.39, 0.29) is 6.54 Å². The van der Waals surface area contributed by atoms with Crippen LogP contribution in [0, 0.1) is 25.2 Å². The second kappa shape index (κ2) is 5.27. The number of primary amides is 1. The van der Waals surface area contributed by atoms with E-state index in [4.69, 9.17) is 11.0 Å². The van der Waals surface area contributed by atoms with Gasteiger partial charge in [0.05, 0.1) is 12.1 Å². The van der Waals surface area contributed by atoms with Crippen molar-refractivity contribution in [3.05, 3.63) is 22.9 Å². The van der Waals surface area contributed by atoms with Crippen LogP contribution in [0.2, 0.25) is 0 Å². The number of hydrogen-bond acceptors (Lipinski definition) is 5. The van der Waals surface area contributed by atoms with E-state index >= 15 is 0 Å². The maximum absolute atomic E-state index is 10.7. The van der Waals surface area contributed by atoms with Crippen LogP contribution in [0.5, 0.6) is 0 Å². The molecule has 17 heavy (non-hydrogen) atoms. The monoisotopic (exact) mass is 234 g/mol. The molecular weight excluding hydrogens is 220 g/mol. The fourth-order valence-corrected chi connectivity index (χ4v) is 1.40. The zero-order chi connectivity index (χ0) is 13.0. The fourth-order valence-electron chi connectivity index (χ4n) is 1.40. The van der Waals surface area contributed by atoms with Gasteiger partial charge in [-0.3, -0.25) is 4.79 Å². The Morgan fingerprint density at radius 2 is 2.35 bits per heavy atom. The molecule has 1 atom stereocenters. The van der Waals surface area contributed by atoms with E-state index in [0.29, 0.717) is 11.4 Å². The van der Waals surface area contributed by atoms with Crippen LogP contribution in [0.3, 0.4) is 0 Å². The number of hydrogen-bond donors (Lipinski definition) is 3. The van der Waals surface area contributed by atoms with Crippen LogP contribution in [0.4, 0.5) is 5.82 Å². The lowest BCUT2D eigenvalue weighted by Gasteiger charge is -2.12. The zero-order valence-corrected chi connectivity index (χ0v) is 9.69. The van der Waals surface area contributed by atoms with E-state index < -0.39 is 12.0 Å².